The van der Waals surface area contributed by atoms with Crippen molar-refractivity contribution < 1.29 is 19.1 Å². The molecule has 2 aromatic carbocycles. The molecule has 0 saturated carbocycles. The molecule has 2 aromatic rings. The summed E-state index contributed by atoms with van der Waals surface area (Å²) in [6.45, 7) is 1.32. The summed E-state index contributed by atoms with van der Waals surface area (Å²) in [4.78, 5) is 42.3. The predicted octanol–water partition coefficient (Wildman–Crippen LogP) is 3.32. The van der Waals surface area contributed by atoms with Crippen molar-refractivity contribution in [1.82, 2.24) is 9.80 Å². The molecule has 4 rings (SSSR count). The number of halogens is 1. The van der Waals surface area contributed by atoms with E-state index in [9.17, 15) is 14.4 Å². The van der Waals surface area contributed by atoms with Crippen molar-refractivity contribution in [1.29, 1.82) is 0 Å². The molecule has 0 aromatic heterocycles. The summed E-state index contributed by atoms with van der Waals surface area (Å²) in [5.74, 6) is -0.962. The van der Waals surface area contributed by atoms with Crippen LogP contribution in [-0.4, -0.2) is 53.8 Å². The number of carbonyl (C=O) groups is 3. The molecule has 2 aliphatic heterocycles. The molecule has 7 heteroatoms. The average molecular weight is 441 g/mol. The molecule has 0 bridgehead atoms. The molecule has 2 aliphatic rings. The zero-order valence-electron chi connectivity index (χ0n) is 17.4. The first-order chi connectivity index (χ1) is 15.0. The van der Waals surface area contributed by atoms with Gasteiger partial charge in [0.25, 0.3) is 5.91 Å². The molecule has 6 nitrogen and oxygen atoms in total. The molecule has 31 heavy (non-hydrogen) atoms. The first-order valence-corrected chi connectivity index (χ1v) is 10.9. The number of likely N-dealkylation sites (tertiary alicyclic amines) is 1. The van der Waals surface area contributed by atoms with E-state index in [0.29, 0.717) is 43.1 Å². The van der Waals surface area contributed by atoms with Crippen LogP contribution in [0.15, 0.2) is 48.5 Å². The largest absolute Gasteiger partial charge is 0.467 e. The summed E-state index contributed by atoms with van der Waals surface area (Å²) in [5, 5.41) is 0.572. The van der Waals surface area contributed by atoms with Gasteiger partial charge in [-0.15, -0.1) is 0 Å². The summed E-state index contributed by atoms with van der Waals surface area (Å²) >= 11 is 5.93. The van der Waals surface area contributed by atoms with Crippen molar-refractivity contribution in [2.24, 2.45) is 5.92 Å². The molecule has 0 N–H and O–H groups in total. The summed E-state index contributed by atoms with van der Waals surface area (Å²) in [6, 6.07) is 14.0. The zero-order chi connectivity index (χ0) is 22.0. The minimum absolute atomic E-state index is 0.0986. The highest BCUT2D eigenvalue weighted by Gasteiger charge is 2.39. The second kappa shape index (κ2) is 9.10. The number of esters is 1. The maximum absolute atomic E-state index is 13.5. The van der Waals surface area contributed by atoms with Gasteiger partial charge in [0.15, 0.2) is 0 Å². The Morgan fingerprint density at radius 3 is 2.45 bits per heavy atom. The van der Waals surface area contributed by atoms with Gasteiger partial charge in [-0.2, -0.15) is 0 Å². The number of amides is 2. The molecular weight excluding hydrogens is 416 g/mol. The lowest BCUT2D eigenvalue weighted by molar-refractivity contribution is -0.156. The van der Waals surface area contributed by atoms with Gasteiger partial charge in [0, 0.05) is 36.6 Å². The highest BCUT2D eigenvalue weighted by atomic mass is 35.5. The smallest absolute Gasteiger partial charge is 0.328 e. The maximum Gasteiger partial charge on any atom is 0.328 e. The fourth-order valence-corrected chi connectivity index (χ4v) is 4.60. The van der Waals surface area contributed by atoms with E-state index in [-0.39, 0.29) is 17.7 Å². The van der Waals surface area contributed by atoms with Gasteiger partial charge in [-0.25, -0.2) is 4.79 Å². The van der Waals surface area contributed by atoms with Crippen LogP contribution in [-0.2, 0) is 27.3 Å². The molecule has 162 valence electrons. The van der Waals surface area contributed by atoms with Crippen molar-refractivity contribution in [2.45, 2.75) is 31.8 Å². The molecule has 2 amide bonds. The Hall–Kier alpha value is -2.86. The maximum atomic E-state index is 13.5. The molecule has 0 aliphatic carbocycles. The van der Waals surface area contributed by atoms with Crippen LogP contribution in [0.1, 0.15) is 34.3 Å². The lowest BCUT2D eigenvalue weighted by Gasteiger charge is -2.39. The van der Waals surface area contributed by atoms with E-state index in [0.717, 1.165) is 17.5 Å². The third kappa shape index (κ3) is 4.44. The van der Waals surface area contributed by atoms with Crippen LogP contribution in [0.25, 0.3) is 0 Å². The normalized spacial score (nSPS) is 20.7. The molecule has 2 atom stereocenters. The summed E-state index contributed by atoms with van der Waals surface area (Å²) in [5.41, 5.74) is 2.66. The van der Waals surface area contributed by atoms with Crippen LogP contribution >= 0.6 is 11.6 Å². The fraction of sp³-hybridized carbons (Fsp3) is 0.375. The van der Waals surface area contributed by atoms with E-state index in [4.69, 9.17) is 16.3 Å². The molecule has 0 spiro atoms. The monoisotopic (exact) mass is 440 g/mol. The number of fused-ring (bicyclic) bond motifs is 1. The SMILES string of the molecule is COC(=O)C1Cc2ccccc2CN1C(=O)C1CCCN(C(=O)c2ccc(Cl)cc2)C1. The van der Waals surface area contributed by atoms with E-state index in [1.807, 2.05) is 24.3 Å². The van der Waals surface area contributed by atoms with Crippen molar-refractivity contribution in [3.63, 3.8) is 0 Å². The highest BCUT2D eigenvalue weighted by Crippen LogP contribution is 2.28. The van der Waals surface area contributed by atoms with Gasteiger partial charge in [0.2, 0.25) is 5.91 Å². The summed E-state index contributed by atoms with van der Waals surface area (Å²) in [6.07, 6.45) is 1.87. The Morgan fingerprint density at radius 1 is 1.03 bits per heavy atom. The lowest BCUT2D eigenvalue weighted by atomic mass is 9.90. The molecule has 1 saturated heterocycles. The molecule has 2 heterocycles. The second-order valence-corrected chi connectivity index (χ2v) is 8.51. The second-order valence-electron chi connectivity index (χ2n) is 8.08. The average Bonchev–Trinajstić information content (AvgIpc) is 2.82. The quantitative estimate of drug-likeness (QED) is 0.687. The number of hydrogen-bond donors (Lipinski definition) is 0. The minimum Gasteiger partial charge on any atom is -0.467 e. The first-order valence-electron chi connectivity index (χ1n) is 10.5. The summed E-state index contributed by atoms with van der Waals surface area (Å²) in [7, 11) is 1.35. The van der Waals surface area contributed by atoms with E-state index >= 15 is 0 Å². The first kappa shape index (κ1) is 21.4. The third-order valence-corrected chi connectivity index (χ3v) is 6.41. The number of methoxy groups -OCH3 is 1. The van der Waals surface area contributed by atoms with Crippen molar-refractivity contribution in [2.75, 3.05) is 20.2 Å². The van der Waals surface area contributed by atoms with Crippen LogP contribution in [0.5, 0.6) is 0 Å². The van der Waals surface area contributed by atoms with E-state index < -0.39 is 12.0 Å². The number of benzene rings is 2. The van der Waals surface area contributed by atoms with Crippen LogP contribution in [0.2, 0.25) is 5.02 Å². The van der Waals surface area contributed by atoms with Crippen LogP contribution in [0.3, 0.4) is 0 Å². The molecule has 2 unspecified atom stereocenters. The number of hydrogen-bond acceptors (Lipinski definition) is 4. The number of rotatable bonds is 3. The van der Waals surface area contributed by atoms with Gasteiger partial charge in [0.05, 0.1) is 13.0 Å². The molecule has 0 radical (unpaired) electrons. The number of piperidine rings is 1. The van der Waals surface area contributed by atoms with E-state index in [1.165, 1.54) is 7.11 Å². The van der Waals surface area contributed by atoms with Crippen molar-refractivity contribution in [3.8, 4) is 0 Å². The molecular formula is C24H25ClN2O4. The van der Waals surface area contributed by atoms with E-state index in [2.05, 4.69) is 0 Å². The van der Waals surface area contributed by atoms with Gasteiger partial charge < -0.3 is 14.5 Å². The van der Waals surface area contributed by atoms with E-state index in [1.54, 1.807) is 34.1 Å². The Bertz CT molecular complexity index is 991. The summed E-state index contributed by atoms with van der Waals surface area (Å²) < 4.78 is 4.99. The van der Waals surface area contributed by atoms with Crippen molar-refractivity contribution in [3.05, 3.63) is 70.2 Å². The van der Waals surface area contributed by atoms with Gasteiger partial charge in [-0.3, -0.25) is 9.59 Å². The van der Waals surface area contributed by atoms with Gasteiger partial charge >= 0.3 is 5.97 Å². The minimum atomic E-state index is -0.644. The predicted molar refractivity (Wildman–Crippen MR) is 117 cm³/mol. The highest BCUT2D eigenvalue weighted by molar-refractivity contribution is 6.30. The van der Waals surface area contributed by atoms with Crippen LogP contribution in [0, 0.1) is 5.92 Å². The zero-order valence-corrected chi connectivity index (χ0v) is 18.2. The Labute approximate surface area is 186 Å². The third-order valence-electron chi connectivity index (χ3n) is 6.15. The lowest BCUT2D eigenvalue weighted by Crippen LogP contribution is -2.53. The number of nitrogens with zero attached hydrogens (tertiary/aromatic N) is 2. The topological polar surface area (TPSA) is 66.9 Å². The van der Waals surface area contributed by atoms with Crippen LogP contribution < -0.4 is 0 Å². The number of ether oxygens (including phenoxy) is 1. The molecule has 1 fully saturated rings. The Morgan fingerprint density at radius 2 is 1.74 bits per heavy atom. The van der Waals surface area contributed by atoms with Crippen LogP contribution in [0.4, 0.5) is 0 Å². The Kier molecular flexibility index (Phi) is 6.28. The van der Waals surface area contributed by atoms with Gasteiger partial charge in [-0.05, 0) is 48.2 Å². The standard InChI is InChI=1S/C24H25ClN2O4/c1-31-24(30)21-13-17-5-2-3-6-18(17)15-27(21)23(29)19-7-4-12-26(14-19)22(28)16-8-10-20(25)11-9-16/h2-3,5-6,8-11,19,21H,4,7,12-15H2,1H3. The van der Waals surface area contributed by atoms with Crippen molar-refractivity contribution >= 4 is 29.4 Å². The fourth-order valence-electron chi connectivity index (χ4n) is 4.47. The number of carbonyl (C=O) groups excluding carboxylic acids is 3. The van der Waals surface area contributed by atoms with Gasteiger partial charge in [0.1, 0.15) is 6.04 Å². The van der Waals surface area contributed by atoms with Gasteiger partial charge in [-0.1, -0.05) is 35.9 Å². The Balaban J connectivity index is 1.52.